The van der Waals surface area contributed by atoms with Gasteiger partial charge >= 0.3 is 0 Å². The first kappa shape index (κ1) is 18.5. The summed E-state index contributed by atoms with van der Waals surface area (Å²) in [6, 6.07) is 15.9. The summed E-state index contributed by atoms with van der Waals surface area (Å²) in [7, 11) is 0. The van der Waals surface area contributed by atoms with Crippen LogP contribution in [0, 0.1) is 10.1 Å². The fourth-order valence-electron chi connectivity index (χ4n) is 2.39. The van der Waals surface area contributed by atoms with E-state index in [1.807, 2.05) is 0 Å². The molecule has 0 aliphatic rings. The van der Waals surface area contributed by atoms with Gasteiger partial charge in [0.15, 0.2) is 6.61 Å². The van der Waals surface area contributed by atoms with E-state index < -0.39 is 4.92 Å². The number of amides is 1. The van der Waals surface area contributed by atoms with Crippen molar-refractivity contribution in [2.24, 2.45) is 0 Å². The molecule has 0 aliphatic heterocycles. The molecule has 0 fully saturated rings. The van der Waals surface area contributed by atoms with Gasteiger partial charge in [-0.3, -0.25) is 14.9 Å². The van der Waals surface area contributed by atoms with Gasteiger partial charge in [0.25, 0.3) is 11.6 Å². The number of non-ortho nitro benzene ring substituents is 1. The second kappa shape index (κ2) is 8.37. The minimum absolute atomic E-state index is 0.0470. The topological polar surface area (TPSA) is 85.8 Å². The summed E-state index contributed by atoms with van der Waals surface area (Å²) in [5, 5.41) is 11.2. The molecule has 0 N–H and O–H groups in total. The van der Waals surface area contributed by atoms with Crippen molar-refractivity contribution in [2.45, 2.75) is 6.54 Å². The number of rotatable bonds is 7. The summed E-state index contributed by atoms with van der Waals surface area (Å²) in [6.45, 7) is -0.00175. The molecular weight excluding hydrogens is 372 g/mol. The molecule has 0 saturated heterocycles. The minimum Gasteiger partial charge on any atom is -0.484 e. The van der Waals surface area contributed by atoms with E-state index in [2.05, 4.69) is 0 Å². The lowest BCUT2D eigenvalue weighted by Gasteiger charge is -2.22. The lowest BCUT2D eigenvalue weighted by atomic mass is 10.2. The lowest BCUT2D eigenvalue weighted by molar-refractivity contribution is -0.384. The van der Waals surface area contributed by atoms with Crippen molar-refractivity contribution < 1.29 is 18.9 Å². The van der Waals surface area contributed by atoms with Gasteiger partial charge in [-0.15, -0.1) is 0 Å². The number of nitro benzene ring substituents is 1. The van der Waals surface area contributed by atoms with Crippen LogP contribution in [0.25, 0.3) is 0 Å². The van der Waals surface area contributed by atoms with Crippen molar-refractivity contribution in [2.75, 3.05) is 11.5 Å². The number of furan rings is 1. The SMILES string of the molecule is O=C(COc1ccc([N+](=O)[O-])cc1)N(Cc1ccco1)c1ccc(Cl)cc1. The number of ether oxygens (including phenoxy) is 1. The predicted molar refractivity (Wildman–Crippen MR) is 99.9 cm³/mol. The third kappa shape index (κ3) is 4.86. The van der Waals surface area contributed by atoms with E-state index in [1.54, 1.807) is 36.4 Å². The molecule has 3 rings (SSSR count). The van der Waals surface area contributed by atoms with Gasteiger partial charge in [0.2, 0.25) is 0 Å². The number of hydrogen-bond acceptors (Lipinski definition) is 5. The normalized spacial score (nSPS) is 10.4. The molecule has 1 amide bonds. The van der Waals surface area contributed by atoms with Gasteiger partial charge in [-0.1, -0.05) is 11.6 Å². The van der Waals surface area contributed by atoms with E-state index in [0.29, 0.717) is 22.2 Å². The van der Waals surface area contributed by atoms with Gasteiger partial charge in [-0.05, 0) is 48.5 Å². The molecule has 138 valence electrons. The first-order chi connectivity index (χ1) is 13.0. The van der Waals surface area contributed by atoms with E-state index in [0.717, 1.165) is 0 Å². The molecule has 0 unspecified atom stereocenters. The van der Waals surface area contributed by atoms with Gasteiger partial charge in [0.1, 0.15) is 11.5 Å². The Hall–Kier alpha value is -3.32. The molecule has 1 heterocycles. The first-order valence-corrected chi connectivity index (χ1v) is 8.36. The first-order valence-electron chi connectivity index (χ1n) is 7.98. The highest BCUT2D eigenvalue weighted by Gasteiger charge is 2.18. The van der Waals surface area contributed by atoms with Crippen LogP contribution < -0.4 is 9.64 Å². The zero-order chi connectivity index (χ0) is 19.2. The molecule has 0 spiro atoms. The largest absolute Gasteiger partial charge is 0.484 e. The van der Waals surface area contributed by atoms with Crippen molar-refractivity contribution in [3.63, 3.8) is 0 Å². The van der Waals surface area contributed by atoms with Gasteiger partial charge in [0, 0.05) is 22.8 Å². The molecule has 0 radical (unpaired) electrons. The van der Waals surface area contributed by atoms with Gasteiger partial charge in [-0.25, -0.2) is 0 Å². The molecular formula is C19H15ClN2O5. The van der Waals surface area contributed by atoms with Crippen LogP contribution in [0.3, 0.4) is 0 Å². The maximum atomic E-state index is 12.7. The maximum absolute atomic E-state index is 12.7. The van der Waals surface area contributed by atoms with Gasteiger partial charge < -0.3 is 14.1 Å². The molecule has 0 saturated carbocycles. The second-order valence-corrected chi connectivity index (χ2v) is 6.01. The summed E-state index contributed by atoms with van der Waals surface area (Å²) in [4.78, 5) is 24.4. The Morgan fingerprint density at radius 3 is 2.41 bits per heavy atom. The van der Waals surface area contributed by atoms with Crippen LogP contribution in [0.4, 0.5) is 11.4 Å². The van der Waals surface area contributed by atoms with Crippen molar-refractivity contribution in [1.29, 1.82) is 0 Å². The van der Waals surface area contributed by atoms with Gasteiger partial charge in [-0.2, -0.15) is 0 Å². The minimum atomic E-state index is -0.499. The highest BCUT2D eigenvalue weighted by molar-refractivity contribution is 6.30. The predicted octanol–water partition coefficient (Wildman–Crippen LogP) is 4.45. The Bertz CT molecular complexity index is 908. The summed E-state index contributed by atoms with van der Waals surface area (Å²) in [5.41, 5.74) is 0.599. The van der Waals surface area contributed by atoms with Gasteiger partial charge in [0.05, 0.1) is 17.7 Å². The average molecular weight is 387 g/mol. The van der Waals surface area contributed by atoms with E-state index in [1.165, 1.54) is 35.4 Å². The fraction of sp³-hybridized carbons (Fsp3) is 0.105. The average Bonchev–Trinajstić information content (AvgIpc) is 3.18. The number of benzene rings is 2. The van der Waals surface area contributed by atoms with Crippen LogP contribution in [0.5, 0.6) is 5.75 Å². The lowest BCUT2D eigenvalue weighted by Crippen LogP contribution is -2.34. The molecule has 3 aromatic rings. The van der Waals surface area contributed by atoms with E-state index in [4.69, 9.17) is 20.8 Å². The third-order valence-electron chi connectivity index (χ3n) is 3.74. The molecule has 7 nitrogen and oxygen atoms in total. The molecule has 0 bridgehead atoms. The highest BCUT2D eigenvalue weighted by Crippen LogP contribution is 2.22. The van der Waals surface area contributed by atoms with Crippen molar-refractivity contribution in [1.82, 2.24) is 0 Å². The highest BCUT2D eigenvalue weighted by atomic mass is 35.5. The van der Waals surface area contributed by atoms with Crippen molar-refractivity contribution in [3.05, 3.63) is 87.8 Å². The Balaban J connectivity index is 1.72. The molecule has 1 aromatic heterocycles. The quantitative estimate of drug-likeness (QED) is 0.442. The summed E-state index contributed by atoms with van der Waals surface area (Å²) in [6.07, 6.45) is 1.53. The molecule has 2 aromatic carbocycles. The number of carbonyl (C=O) groups is 1. The number of hydrogen-bond donors (Lipinski definition) is 0. The molecule has 8 heteroatoms. The van der Waals surface area contributed by atoms with Crippen molar-refractivity contribution in [3.8, 4) is 5.75 Å². The van der Waals surface area contributed by atoms with Crippen LogP contribution in [0.1, 0.15) is 5.76 Å². The van der Waals surface area contributed by atoms with Crippen LogP contribution >= 0.6 is 11.6 Å². The summed E-state index contributed by atoms with van der Waals surface area (Å²) in [5.74, 6) is 0.684. The van der Waals surface area contributed by atoms with Crippen LogP contribution in [0.15, 0.2) is 71.3 Å². The number of nitro groups is 1. The second-order valence-electron chi connectivity index (χ2n) is 5.58. The molecule has 27 heavy (non-hydrogen) atoms. The summed E-state index contributed by atoms with van der Waals surface area (Å²) < 4.78 is 10.8. The van der Waals surface area contributed by atoms with Crippen LogP contribution in [-0.2, 0) is 11.3 Å². The number of nitrogens with zero attached hydrogens (tertiary/aromatic N) is 2. The number of anilines is 1. The Morgan fingerprint density at radius 1 is 1.11 bits per heavy atom. The Kier molecular flexibility index (Phi) is 5.73. The number of carbonyl (C=O) groups excluding carboxylic acids is 1. The smallest absolute Gasteiger partial charge is 0.269 e. The fourth-order valence-corrected chi connectivity index (χ4v) is 2.52. The molecule has 0 aliphatic carbocycles. The van der Waals surface area contributed by atoms with Crippen molar-refractivity contribution >= 4 is 28.9 Å². The van der Waals surface area contributed by atoms with Crippen LogP contribution in [-0.4, -0.2) is 17.4 Å². The number of halogens is 1. The van der Waals surface area contributed by atoms with E-state index in [9.17, 15) is 14.9 Å². The third-order valence-corrected chi connectivity index (χ3v) is 4.00. The monoisotopic (exact) mass is 386 g/mol. The van der Waals surface area contributed by atoms with E-state index in [-0.39, 0.29) is 24.7 Å². The van der Waals surface area contributed by atoms with E-state index >= 15 is 0 Å². The summed E-state index contributed by atoms with van der Waals surface area (Å²) >= 11 is 5.92. The standard InChI is InChI=1S/C19H15ClN2O5/c20-14-3-5-15(6-4-14)21(12-18-2-1-11-26-18)19(23)13-27-17-9-7-16(8-10-17)22(24)25/h1-11H,12-13H2. The Morgan fingerprint density at radius 2 is 1.81 bits per heavy atom. The molecule has 0 atom stereocenters. The van der Waals surface area contributed by atoms with Crippen LogP contribution in [0.2, 0.25) is 5.02 Å². The Labute approximate surface area is 159 Å². The zero-order valence-corrected chi connectivity index (χ0v) is 14.8. The zero-order valence-electron chi connectivity index (χ0n) is 14.1. The maximum Gasteiger partial charge on any atom is 0.269 e.